The minimum absolute atomic E-state index is 0.366. The molecule has 0 aliphatic carbocycles. The maximum Gasteiger partial charge on any atom is 0.161 e. The molecule has 0 amide bonds. The molecule has 0 unspecified atom stereocenters. The first-order chi connectivity index (χ1) is 5.02. The Kier molecular flexibility index (Phi) is 3.56. The zero-order valence-electron chi connectivity index (χ0n) is 5.19. The fourth-order valence-electron chi connectivity index (χ4n) is 0.605. The fourth-order valence-corrected chi connectivity index (χ4v) is 2.99. The third-order valence-corrected chi connectivity index (χ3v) is 2.99. The van der Waals surface area contributed by atoms with Gasteiger partial charge in [-0.05, 0) is 22.0 Å². The molecule has 0 aromatic carbocycles. The zero-order valence-corrected chi connectivity index (χ0v) is 11.5. The number of pyridine rings is 1. The summed E-state index contributed by atoms with van der Waals surface area (Å²) in [6.07, 6.45) is 3.48. The fraction of sp³-hybridized carbons (Fsp3) is 0.167. The molecule has 0 fully saturated rings. The predicted octanol–water partition coefficient (Wildman–Crippen LogP) is 4.14. The van der Waals surface area contributed by atoms with Crippen molar-refractivity contribution in [3.63, 3.8) is 0 Å². The lowest BCUT2D eigenvalue weighted by Crippen LogP contribution is -1.98. The van der Waals surface area contributed by atoms with Gasteiger partial charge in [-0.25, -0.2) is 0 Å². The molecule has 0 atom stereocenters. The molecular weight excluding hydrogens is 406 g/mol. The van der Waals surface area contributed by atoms with Gasteiger partial charge in [-0.1, -0.05) is 47.8 Å². The standard InChI is InChI=1S/C6H3Br4N/c7-5-3-11-2-1-4(5)6(8,9)10/h1-3H. The van der Waals surface area contributed by atoms with Gasteiger partial charge in [0.1, 0.15) is 0 Å². The van der Waals surface area contributed by atoms with Gasteiger partial charge in [-0.3, -0.25) is 4.98 Å². The molecule has 1 aromatic rings. The van der Waals surface area contributed by atoms with Crippen LogP contribution in [0.25, 0.3) is 0 Å². The van der Waals surface area contributed by atoms with Crippen molar-refractivity contribution in [2.75, 3.05) is 0 Å². The molecule has 60 valence electrons. The summed E-state index contributed by atoms with van der Waals surface area (Å²) in [5.41, 5.74) is 1.05. The Morgan fingerprint density at radius 1 is 1.27 bits per heavy atom. The number of aromatic nitrogens is 1. The highest BCUT2D eigenvalue weighted by Crippen LogP contribution is 2.46. The molecule has 0 bridgehead atoms. The molecular formula is C6H3Br4N. The lowest BCUT2D eigenvalue weighted by Gasteiger charge is -2.13. The first-order valence-corrected chi connectivity index (χ1v) is 5.86. The zero-order chi connectivity index (χ0) is 8.48. The van der Waals surface area contributed by atoms with Crippen LogP contribution in [0.5, 0.6) is 0 Å². The van der Waals surface area contributed by atoms with Gasteiger partial charge >= 0.3 is 0 Å². The van der Waals surface area contributed by atoms with Crippen molar-refractivity contribution in [2.45, 2.75) is 2.14 Å². The van der Waals surface area contributed by atoms with Crippen molar-refractivity contribution < 1.29 is 0 Å². The lowest BCUT2D eigenvalue weighted by atomic mass is 10.3. The first-order valence-electron chi connectivity index (χ1n) is 2.68. The van der Waals surface area contributed by atoms with Gasteiger partial charge in [-0.2, -0.15) is 0 Å². The molecule has 1 rings (SSSR count). The van der Waals surface area contributed by atoms with E-state index < -0.39 is 0 Å². The van der Waals surface area contributed by atoms with Crippen LogP contribution in [0.15, 0.2) is 22.9 Å². The third-order valence-electron chi connectivity index (χ3n) is 1.08. The van der Waals surface area contributed by atoms with Crippen LogP contribution in [0.4, 0.5) is 0 Å². The molecule has 0 radical (unpaired) electrons. The van der Waals surface area contributed by atoms with Crippen LogP contribution < -0.4 is 0 Å². The molecule has 0 aliphatic rings. The molecule has 1 nitrogen and oxygen atoms in total. The van der Waals surface area contributed by atoms with Gasteiger partial charge in [0.05, 0.1) is 0 Å². The van der Waals surface area contributed by atoms with Crippen LogP contribution in [0, 0.1) is 0 Å². The van der Waals surface area contributed by atoms with Gasteiger partial charge in [-0.15, -0.1) is 0 Å². The van der Waals surface area contributed by atoms with Crippen LogP contribution in [-0.2, 0) is 2.14 Å². The molecule has 0 saturated heterocycles. The molecule has 0 aliphatic heterocycles. The van der Waals surface area contributed by atoms with Crippen molar-refractivity contribution >= 4 is 63.7 Å². The van der Waals surface area contributed by atoms with Crippen LogP contribution >= 0.6 is 63.7 Å². The smallest absolute Gasteiger partial charge is 0.161 e. The topological polar surface area (TPSA) is 12.9 Å². The van der Waals surface area contributed by atoms with E-state index in [4.69, 9.17) is 0 Å². The Balaban J connectivity index is 3.14. The Morgan fingerprint density at radius 2 is 1.91 bits per heavy atom. The number of nitrogens with zero attached hydrogens (tertiary/aromatic N) is 1. The molecule has 0 saturated carbocycles. The number of hydrogen-bond donors (Lipinski definition) is 0. The van der Waals surface area contributed by atoms with Crippen LogP contribution in [0.2, 0.25) is 0 Å². The summed E-state index contributed by atoms with van der Waals surface area (Å²) in [6.45, 7) is 0. The third kappa shape index (κ3) is 2.79. The second-order valence-corrected chi connectivity index (χ2v) is 9.47. The predicted molar refractivity (Wildman–Crippen MR) is 60.4 cm³/mol. The normalized spacial score (nSPS) is 11.6. The SMILES string of the molecule is Brc1cnccc1C(Br)(Br)Br. The molecule has 0 N–H and O–H groups in total. The Bertz CT molecular complexity index is 255. The average molecular weight is 409 g/mol. The Hall–Kier alpha value is 1.07. The van der Waals surface area contributed by atoms with Gasteiger partial charge in [0.25, 0.3) is 0 Å². The summed E-state index contributed by atoms with van der Waals surface area (Å²) >= 11 is 13.6. The second-order valence-electron chi connectivity index (χ2n) is 1.85. The summed E-state index contributed by atoms with van der Waals surface area (Å²) in [5, 5.41) is 0. The van der Waals surface area contributed by atoms with E-state index in [2.05, 4.69) is 68.7 Å². The first kappa shape index (κ1) is 10.2. The van der Waals surface area contributed by atoms with E-state index in [0.29, 0.717) is 0 Å². The minimum atomic E-state index is -0.366. The lowest BCUT2D eigenvalue weighted by molar-refractivity contribution is 1.23. The minimum Gasteiger partial charge on any atom is -0.264 e. The van der Waals surface area contributed by atoms with Gasteiger partial charge in [0.2, 0.25) is 0 Å². The van der Waals surface area contributed by atoms with Crippen LogP contribution in [-0.4, -0.2) is 4.98 Å². The van der Waals surface area contributed by atoms with Gasteiger partial charge in [0.15, 0.2) is 2.14 Å². The quantitative estimate of drug-likeness (QED) is 0.588. The van der Waals surface area contributed by atoms with E-state index in [0.717, 1.165) is 10.0 Å². The average Bonchev–Trinajstić information content (AvgIpc) is 1.86. The Labute approximate surface area is 98.5 Å². The number of hydrogen-bond acceptors (Lipinski definition) is 1. The molecule has 1 aromatic heterocycles. The van der Waals surface area contributed by atoms with Gasteiger partial charge in [0, 0.05) is 22.4 Å². The van der Waals surface area contributed by atoms with Crippen LogP contribution in [0.3, 0.4) is 0 Å². The van der Waals surface area contributed by atoms with E-state index in [1.54, 1.807) is 12.4 Å². The second kappa shape index (κ2) is 3.85. The highest BCUT2D eigenvalue weighted by molar-refractivity contribution is 9.38. The summed E-state index contributed by atoms with van der Waals surface area (Å²) in [4.78, 5) is 3.95. The van der Waals surface area contributed by atoms with Crippen molar-refractivity contribution in [1.29, 1.82) is 0 Å². The highest BCUT2D eigenvalue weighted by Gasteiger charge is 2.22. The van der Waals surface area contributed by atoms with Crippen LogP contribution in [0.1, 0.15) is 5.56 Å². The van der Waals surface area contributed by atoms with E-state index in [1.165, 1.54) is 0 Å². The summed E-state index contributed by atoms with van der Waals surface area (Å²) in [6, 6.07) is 1.91. The molecule has 1 heterocycles. The van der Waals surface area contributed by atoms with E-state index in [1.807, 2.05) is 6.07 Å². The van der Waals surface area contributed by atoms with Gasteiger partial charge < -0.3 is 0 Å². The Morgan fingerprint density at radius 3 is 2.27 bits per heavy atom. The number of rotatable bonds is 0. The highest BCUT2D eigenvalue weighted by atomic mass is 80.0. The summed E-state index contributed by atoms with van der Waals surface area (Å²) in [5.74, 6) is 0. The van der Waals surface area contributed by atoms with E-state index in [9.17, 15) is 0 Å². The monoisotopic (exact) mass is 405 g/mol. The largest absolute Gasteiger partial charge is 0.264 e. The van der Waals surface area contributed by atoms with Crippen molar-refractivity contribution in [3.05, 3.63) is 28.5 Å². The van der Waals surface area contributed by atoms with Crippen molar-refractivity contribution in [3.8, 4) is 0 Å². The van der Waals surface area contributed by atoms with E-state index in [-0.39, 0.29) is 2.14 Å². The van der Waals surface area contributed by atoms with Crippen molar-refractivity contribution in [2.24, 2.45) is 0 Å². The molecule has 11 heavy (non-hydrogen) atoms. The maximum atomic E-state index is 3.95. The summed E-state index contributed by atoms with van der Waals surface area (Å²) in [7, 11) is 0. The number of halogens is 4. The molecule has 5 heteroatoms. The van der Waals surface area contributed by atoms with Crippen molar-refractivity contribution in [1.82, 2.24) is 4.98 Å². The molecule has 0 spiro atoms. The number of alkyl halides is 3. The van der Waals surface area contributed by atoms with E-state index >= 15 is 0 Å². The summed E-state index contributed by atoms with van der Waals surface area (Å²) < 4.78 is 0.583. The maximum absolute atomic E-state index is 3.95.